The van der Waals surface area contributed by atoms with Gasteiger partial charge in [-0.3, -0.25) is 9.69 Å². The third-order valence-electron chi connectivity index (χ3n) is 5.01. The van der Waals surface area contributed by atoms with E-state index in [1.807, 2.05) is 14.1 Å². The Morgan fingerprint density at radius 1 is 1.10 bits per heavy atom. The van der Waals surface area contributed by atoms with Gasteiger partial charge < -0.3 is 0 Å². The highest BCUT2D eigenvalue weighted by Gasteiger charge is 2.43. The molecule has 0 aliphatic heterocycles. The van der Waals surface area contributed by atoms with Gasteiger partial charge in [0, 0.05) is 0 Å². The van der Waals surface area contributed by atoms with E-state index in [4.69, 9.17) is 0 Å². The summed E-state index contributed by atoms with van der Waals surface area (Å²) < 4.78 is 0. The highest BCUT2D eigenvalue weighted by atomic mass is 16.1. The normalized spacial score (nSPS) is 26.5. The van der Waals surface area contributed by atoms with Crippen LogP contribution in [0.15, 0.2) is 42.5 Å². The summed E-state index contributed by atoms with van der Waals surface area (Å²) in [5.74, 6) is 0.370. The Hall–Kier alpha value is -1.67. The fourth-order valence-electron chi connectivity index (χ4n) is 3.74. The van der Waals surface area contributed by atoms with Crippen LogP contribution in [0.25, 0.3) is 10.8 Å². The van der Waals surface area contributed by atoms with Crippen LogP contribution >= 0.6 is 0 Å². The van der Waals surface area contributed by atoms with Gasteiger partial charge in [-0.2, -0.15) is 0 Å². The maximum absolute atomic E-state index is 13.1. The zero-order valence-corrected chi connectivity index (χ0v) is 13.1. The van der Waals surface area contributed by atoms with Crippen molar-refractivity contribution in [3.63, 3.8) is 0 Å². The molecule has 21 heavy (non-hydrogen) atoms. The van der Waals surface area contributed by atoms with Crippen molar-refractivity contribution in [1.29, 1.82) is 0 Å². The van der Waals surface area contributed by atoms with Crippen LogP contribution in [0, 0.1) is 0 Å². The molecule has 0 saturated heterocycles. The van der Waals surface area contributed by atoms with Gasteiger partial charge >= 0.3 is 0 Å². The molecule has 0 bridgehead atoms. The van der Waals surface area contributed by atoms with Crippen LogP contribution in [0.3, 0.4) is 0 Å². The molecule has 0 N–H and O–H groups in total. The summed E-state index contributed by atoms with van der Waals surface area (Å²) in [6.45, 7) is 2.13. The molecule has 2 heteroatoms. The van der Waals surface area contributed by atoms with Crippen molar-refractivity contribution in [1.82, 2.24) is 4.90 Å². The second kappa shape index (κ2) is 5.27. The van der Waals surface area contributed by atoms with Crippen LogP contribution in [0.4, 0.5) is 0 Å². The summed E-state index contributed by atoms with van der Waals surface area (Å²) in [5, 5.41) is 2.44. The Morgan fingerprint density at radius 2 is 1.81 bits per heavy atom. The third-order valence-corrected chi connectivity index (χ3v) is 5.01. The lowest BCUT2D eigenvalue weighted by Gasteiger charge is -2.40. The minimum absolute atomic E-state index is 0.0442. The maximum atomic E-state index is 13.1. The summed E-state index contributed by atoms with van der Waals surface area (Å²) in [4.78, 5) is 15.2. The fourth-order valence-corrected chi connectivity index (χ4v) is 3.74. The quantitative estimate of drug-likeness (QED) is 0.835. The zero-order chi connectivity index (χ0) is 15.0. The number of nitrogens with zero attached hydrogens (tertiary/aromatic N) is 1. The molecule has 0 heterocycles. The maximum Gasteiger partial charge on any atom is 0.160 e. The summed E-state index contributed by atoms with van der Waals surface area (Å²) in [7, 11) is 4.02. The molecule has 1 aliphatic rings. The van der Waals surface area contributed by atoms with Gasteiger partial charge in [-0.25, -0.2) is 0 Å². The van der Waals surface area contributed by atoms with E-state index in [-0.39, 0.29) is 11.5 Å². The van der Waals surface area contributed by atoms with Crippen LogP contribution < -0.4 is 0 Å². The van der Waals surface area contributed by atoms with E-state index in [0.717, 1.165) is 19.3 Å². The lowest BCUT2D eigenvalue weighted by Crippen LogP contribution is -2.50. The summed E-state index contributed by atoms with van der Waals surface area (Å²) >= 11 is 0. The SMILES string of the molecule is CN(C)C1CCCC(C)(c2cccc3ccccc23)C1=O. The van der Waals surface area contributed by atoms with E-state index >= 15 is 0 Å². The standard InChI is InChI=1S/C19H23NO/c1-19(13-7-12-17(18(19)21)20(2)3)16-11-6-9-14-8-4-5-10-15(14)16/h4-6,8-11,17H,7,12-13H2,1-3H3. The number of likely N-dealkylation sites (N-methyl/N-ethyl adjacent to an activating group) is 1. The van der Waals surface area contributed by atoms with Crippen LogP contribution in [-0.4, -0.2) is 30.8 Å². The van der Waals surface area contributed by atoms with E-state index in [1.54, 1.807) is 0 Å². The van der Waals surface area contributed by atoms with Crippen LogP contribution in [0.2, 0.25) is 0 Å². The van der Waals surface area contributed by atoms with Gasteiger partial charge in [0.15, 0.2) is 5.78 Å². The predicted molar refractivity (Wildman–Crippen MR) is 87.6 cm³/mol. The molecule has 2 aromatic rings. The van der Waals surface area contributed by atoms with Crippen LogP contribution in [-0.2, 0) is 10.2 Å². The Labute approximate surface area is 126 Å². The smallest absolute Gasteiger partial charge is 0.160 e. The average molecular weight is 281 g/mol. The molecule has 3 rings (SSSR count). The van der Waals surface area contributed by atoms with Crippen molar-refractivity contribution < 1.29 is 4.79 Å². The number of ketones is 1. The zero-order valence-electron chi connectivity index (χ0n) is 13.1. The summed E-state index contributed by atoms with van der Waals surface area (Å²) in [6, 6.07) is 14.8. The number of fused-ring (bicyclic) bond motifs is 1. The second-order valence-electron chi connectivity index (χ2n) is 6.59. The van der Waals surface area contributed by atoms with Gasteiger partial charge in [-0.15, -0.1) is 0 Å². The van der Waals surface area contributed by atoms with E-state index in [0.29, 0.717) is 5.78 Å². The minimum Gasteiger partial charge on any atom is -0.300 e. The summed E-state index contributed by atoms with van der Waals surface area (Å²) in [6.07, 6.45) is 3.03. The number of carbonyl (C=O) groups excluding carboxylic acids is 1. The first-order valence-electron chi connectivity index (χ1n) is 7.73. The number of benzene rings is 2. The molecule has 0 spiro atoms. The predicted octanol–water partition coefficient (Wildman–Crippen LogP) is 3.78. The van der Waals surface area contributed by atoms with Gasteiger partial charge in [0.1, 0.15) is 0 Å². The molecule has 110 valence electrons. The van der Waals surface area contributed by atoms with E-state index in [2.05, 4.69) is 54.3 Å². The molecule has 1 aliphatic carbocycles. The number of hydrogen-bond acceptors (Lipinski definition) is 2. The largest absolute Gasteiger partial charge is 0.300 e. The first kappa shape index (κ1) is 14.3. The molecule has 0 aromatic heterocycles. The first-order valence-corrected chi connectivity index (χ1v) is 7.73. The number of Topliss-reactive ketones (excluding diaryl/α,β-unsaturated/α-hetero) is 1. The lowest BCUT2D eigenvalue weighted by molar-refractivity contribution is -0.131. The molecule has 0 amide bonds. The number of carbonyl (C=O) groups is 1. The molecule has 1 saturated carbocycles. The molecule has 2 nitrogen and oxygen atoms in total. The Kier molecular flexibility index (Phi) is 3.58. The van der Waals surface area contributed by atoms with E-state index in [1.165, 1.54) is 16.3 Å². The van der Waals surface area contributed by atoms with Crippen molar-refractivity contribution in [2.75, 3.05) is 14.1 Å². The average Bonchev–Trinajstić information content (AvgIpc) is 2.49. The van der Waals surface area contributed by atoms with Gasteiger partial charge in [0.05, 0.1) is 11.5 Å². The highest BCUT2D eigenvalue weighted by molar-refractivity contribution is 5.99. The van der Waals surface area contributed by atoms with Crippen LogP contribution in [0.1, 0.15) is 31.7 Å². The Balaban J connectivity index is 2.14. The van der Waals surface area contributed by atoms with E-state index < -0.39 is 0 Å². The monoisotopic (exact) mass is 281 g/mol. The molecular formula is C19H23NO. The lowest BCUT2D eigenvalue weighted by atomic mass is 9.67. The van der Waals surface area contributed by atoms with Crippen molar-refractivity contribution in [2.24, 2.45) is 0 Å². The summed E-state index contributed by atoms with van der Waals surface area (Å²) in [5.41, 5.74) is 0.825. The van der Waals surface area contributed by atoms with E-state index in [9.17, 15) is 4.79 Å². The van der Waals surface area contributed by atoms with Crippen molar-refractivity contribution >= 4 is 16.6 Å². The topological polar surface area (TPSA) is 20.3 Å². The molecular weight excluding hydrogens is 258 g/mol. The van der Waals surface area contributed by atoms with Crippen LogP contribution in [0.5, 0.6) is 0 Å². The number of hydrogen-bond donors (Lipinski definition) is 0. The van der Waals surface area contributed by atoms with Gasteiger partial charge in [-0.1, -0.05) is 48.9 Å². The minimum atomic E-state index is -0.367. The van der Waals surface area contributed by atoms with Gasteiger partial charge in [-0.05, 0) is 50.2 Å². The van der Waals surface area contributed by atoms with Crippen molar-refractivity contribution in [3.05, 3.63) is 48.0 Å². The third kappa shape index (κ3) is 2.28. The molecule has 0 radical (unpaired) electrons. The van der Waals surface area contributed by atoms with Gasteiger partial charge in [0.25, 0.3) is 0 Å². The molecule has 2 unspecified atom stereocenters. The van der Waals surface area contributed by atoms with Gasteiger partial charge in [0.2, 0.25) is 0 Å². The van der Waals surface area contributed by atoms with Crippen molar-refractivity contribution in [3.8, 4) is 0 Å². The van der Waals surface area contributed by atoms with Crippen molar-refractivity contribution in [2.45, 2.75) is 37.6 Å². The molecule has 2 aromatic carbocycles. The highest BCUT2D eigenvalue weighted by Crippen LogP contribution is 2.40. The molecule has 1 fully saturated rings. The Morgan fingerprint density at radius 3 is 2.57 bits per heavy atom. The second-order valence-corrected chi connectivity index (χ2v) is 6.59. The fraction of sp³-hybridized carbons (Fsp3) is 0.421. The number of rotatable bonds is 2. The molecule has 2 atom stereocenters. The Bertz CT molecular complexity index is 671. The first-order chi connectivity index (χ1) is 10.0.